The van der Waals surface area contributed by atoms with Crippen molar-refractivity contribution >= 4 is 22.4 Å². The van der Waals surface area contributed by atoms with Crippen LogP contribution in [0.3, 0.4) is 0 Å². The third-order valence-electron chi connectivity index (χ3n) is 3.62. The van der Waals surface area contributed by atoms with Crippen LogP contribution in [0.1, 0.15) is 42.4 Å². The van der Waals surface area contributed by atoms with E-state index < -0.39 is 0 Å². The lowest BCUT2D eigenvalue weighted by atomic mass is 9.67. The minimum Gasteiger partial charge on any atom is -0.363 e. The third-order valence-corrected chi connectivity index (χ3v) is 4.56. The molecule has 1 fully saturated rings. The van der Waals surface area contributed by atoms with Crippen molar-refractivity contribution in [2.75, 3.05) is 18.9 Å². The second-order valence-corrected chi connectivity index (χ2v) is 5.53. The number of carbonyl (C=O) groups excluding carboxylic acids is 1. The Kier molecular flexibility index (Phi) is 3.61. The van der Waals surface area contributed by atoms with Crippen molar-refractivity contribution in [3.8, 4) is 0 Å². The number of hydrogen-bond donors (Lipinski definition) is 2. The lowest BCUT2D eigenvalue weighted by Crippen LogP contribution is -2.41. The van der Waals surface area contributed by atoms with Gasteiger partial charge in [-0.3, -0.25) is 4.79 Å². The Morgan fingerprint density at radius 3 is 2.71 bits per heavy atom. The molecule has 0 aliphatic heterocycles. The molecule has 5 nitrogen and oxygen atoms in total. The number of carbonyl (C=O) groups is 1. The van der Waals surface area contributed by atoms with E-state index >= 15 is 0 Å². The predicted octanol–water partition coefficient (Wildman–Crippen LogP) is 1.89. The van der Waals surface area contributed by atoms with Crippen molar-refractivity contribution in [3.05, 3.63) is 5.01 Å². The Bertz CT molecular complexity index is 394. The smallest absolute Gasteiger partial charge is 0.282 e. The molecule has 0 aromatic carbocycles. The van der Waals surface area contributed by atoms with Gasteiger partial charge in [-0.15, -0.1) is 10.2 Å². The van der Waals surface area contributed by atoms with E-state index in [0.717, 1.165) is 13.0 Å². The first-order chi connectivity index (χ1) is 8.19. The largest absolute Gasteiger partial charge is 0.363 e. The predicted molar refractivity (Wildman–Crippen MR) is 68.4 cm³/mol. The lowest BCUT2D eigenvalue weighted by Gasteiger charge is -2.41. The Morgan fingerprint density at radius 1 is 1.47 bits per heavy atom. The minimum atomic E-state index is -0.108. The normalized spacial score (nSPS) is 17.3. The van der Waals surface area contributed by atoms with Crippen LogP contribution >= 0.6 is 11.3 Å². The molecule has 1 aromatic rings. The first-order valence-corrected chi connectivity index (χ1v) is 6.80. The summed E-state index contributed by atoms with van der Waals surface area (Å²) in [7, 11) is 1.77. The fraction of sp³-hybridized carbons (Fsp3) is 0.727. The summed E-state index contributed by atoms with van der Waals surface area (Å²) in [5.74, 6) is -0.108. The van der Waals surface area contributed by atoms with E-state index in [0.29, 0.717) is 15.6 Å². The van der Waals surface area contributed by atoms with Gasteiger partial charge in [-0.25, -0.2) is 0 Å². The topological polar surface area (TPSA) is 66.9 Å². The maximum atomic E-state index is 11.8. The molecular weight excluding hydrogens is 236 g/mol. The number of aromatic nitrogens is 2. The fourth-order valence-electron chi connectivity index (χ4n) is 2.09. The van der Waals surface area contributed by atoms with Crippen molar-refractivity contribution < 1.29 is 4.79 Å². The van der Waals surface area contributed by atoms with Crippen LogP contribution in [0.25, 0.3) is 0 Å². The summed E-state index contributed by atoms with van der Waals surface area (Å²) in [6, 6.07) is 0. The van der Waals surface area contributed by atoms with Gasteiger partial charge in [0.1, 0.15) is 0 Å². The molecule has 1 heterocycles. The molecule has 1 saturated carbocycles. The molecular formula is C11H18N4OS. The summed E-state index contributed by atoms with van der Waals surface area (Å²) in [5.41, 5.74) is 0.339. The number of hydrogen-bond acceptors (Lipinski definition) is 5. The monoisotopic (exact) mass is 254 g/mol. The van der Waals surface area contributed by atoms with Gasteiger partial charge in [0.15, 0.2) is 0 Å². The van der Waals surface area contributed by atoms with Crippen molar-refractivity contribution in [3.63, 3.8) is 0 Å². The second kappa shape index (κ2) is 5.00. The quantitative estimate of drug-likeness (QED) is 0.842. The van der Waals surface area contributed by atoms with Crippen LogP contribution in [-0.2, 0) is 0 Å². The van der Waals surface area contributed by atoms with E-state index in [1.54, 1.807) is 7.05 Å². The highest BCUT2D eigenvalue weighted by molar-refractivity contribution is 7.17. The molecule has 6 heteroatoms. The first-order valence-electron chi connectivity index (χ1n) is 5.98. The molecule has 0 unspecified atom stereocenters. The van der Waals surface area contributed by atoms with Crippen molar-refractivity contribution in [1.29, 1.82) is 0 Å². The van der Waals surface area contributed by atoms with Crippen molar-refractivity contribution in [2.24, 2.45) is 5.41 Å². The van der Waals surface area contributed by atoms with Crippen LogP contribution in [0.4, 0.5) is 5.13 Å². The summed E-state index contributed by atoms with van der Waals surface area (Å²) in [6.07, 6.45) is 4.86. The van der Waals surface area contributed by atoms with Crippen LogP contribution < -0.4 is 10.6 Å². The van der Waals surface area contributed by atoms with Gasteiger partial charge in [-0.05, 0) is 24.7 Å². The summed E-state index contributed by atoms with van der Waals surface area (Å²) >= 11 is 1.28. The maximum absolute atomic E-state index is 11.8. The molecule has 2 rings (SSSR count). The molecule has 1 aliphatic carbocycles. The van der Waals surface area contributed by atoms with E-state index in [2.05, 4.69) is 27.8 Å². The highest BCUT2D eigenvalue weighted by Crippen LogP contribution is 2.43. The Morgan fingerprint density at radius 2 is 2.24 bits per heavy atom. The Balaban J connectivity index is 1.88. The molecule has 1 aliphatic rings. The molecule has 1 amide bonds. The van der Waals surface area contributed by atoms with Gasteiger partial charge in [0.25, 0.3) is 5.91 Å². The summed E-state index contributed by atoms with van der Waals surface area (Å²) in [4.78, 5) is 11.8. The van der Waals surface area contributed by atoms with Gasteiger partial charge < -0.3 is 10.6 Å². The van der Waals surface area contributed by atoms with Gasteiger partial charge >= 0.3 is 0 Å². The summed E-state index contributed by atoms with van der Waals surface area (Å²) < 4.78 is 0. The Hall–Kier alpha value is -1.17. The summed E-state index contributed by atoms with van der Waals surface area (Å²) in [6.45, 7) is 2.95. The molecule has 0 atom stereocenters. The van der Waals surface area contributed by atoms with Gasteiger partial charge in [0.2, 0.25) is 10.1 Å². The molecule has 0 bridgehead atoms. The number of nitrogens with one attached hydrogen (secondary N) is 2. The van der Waals surface area contributed by atoms with E-state index in [4.69, 9.17) is 0 Å². The van der Waals surface area contributed by atoms with Gasteiger partial charge in [0, 0.05) is 13.6 Å². The lowest BCUT2D eigenvalue weighted by molar-refractivity contribution is 0.0849. The van der Waals surface area contributed by atoms with E-state index in [-0.39, 0.29) is 5.91 Å². The van der Waals surface area contributed by atoms with Gasteiger partial charge in [-0.2, -0.15) is 0 Å². The van der Waals surface area contributed by atoms with Crippen LogP contribution in [-0.4, -0.2) is 29.7 Å². The van der Waals surface area contributed by atoms with Crippen LogP contribution in [0.15, 0.2) is 0 Å². The number of amides is 1. The average molecular weight is 254 g/mol. The van der Waals surface area contributed by atoms with Crippen LogP contribution in [0, 0.1) is 5.41 Å². The highest BCUT2D eigenvalue weighted by Gasteiger charge is 2.35. The maximum Gasteiger partial charge on any atom is 0.282 e. The third kappa shape index (κ3) is 2.57. The average Bonchev–Trinajstić information content (AvgIpc) is 2.76. The van der Waals surface area contributed by atoms with E-state index in [1.807, 2.05) is 0 Å². The zero-order valence-electron chi connectivity index (χ0n) is 10.2. The molecule has 0 saturated heterocycles. The summed E-state index contributed by atoms with van der Waals surface area (Å²) in [5, 5.41) is 14.6. The number of anilines is 1. The van der Waals surface area contributed by atoms with E-state index in [1.165, 1.54) is 30.6 Å². The van der Waals surface area contributed by atoms with E-state index in [9.17, 15) is 4.79 Å². The molecule has 2 N–H and O–H groups in total. The standard InChI is InChI=1S/C11H18N4OS/c1-3-11(5-4-6-11)7-13-8(16)9-14-15-10(12-2)17-9/h3-7H2,1-2H3,(H,12,15)(H,13,16). The number of rotatable bonds is 5. The Labute approximate surface area is 105 Å². The second-order valence-electron chi connectivity index (χ2n) is 4.55. The molecule has 17 heavy (non-hydrogen) atoms. The zero-order valence-corrected chi connectivity index (χ0v) is 11.1. The van der Waals surface area contributed by atoms with Crippen LogP contribution in [0.2, 0.25) is 0 Å². The van der Waals surface area contributed by atoms with Crippen molar-refractivity contribution in [2.45, 2.75) is 32.6 Å². The molecule has 0 spiro atoms. The van der Waals surface area contributed by atoms with Gasteiger partial charge in [0.05, 0.1) is 0 Å². The van der Waals surface area contributed by atoms with Crippen molar-refractivity contribution in [1.82, 2.24) is 15.5 Å². The SMILES string of the molecule is CCC1(CNC(=O)c2nnc(NC)s2)CCC1. The molecule has 94 valence electrons. The molecule has 0 radical (unpaired) electrons. The minimum absolute atomic E-state index is 0.108. The van der Waals surface area contributed by atoms with Gasteiger partial charge in [-0.1, -0.05) is 24.7 Å². The van der Waals surface area contributed by atoms with Crippen LogP contribution in [0.5, 0.6) is 0 Å². The molecule has 1 aromatic heterocycles. The zero-order chi connectivity index (χ0) is 12.3. The first kappa shape index (κ1) is 12.3. The number of nitrogens with zero attached hydrogens (tertiary/aromatic N) is 2. The fourth-order valence-corrected chi connectivity index (χ4v) is 2.70. The highest BCUT2D eigenvalue weighted by atomic mass is 32.1.